The maximum absolute atomic E-state index is 13.2. The minimum Gasteiger partial charge on any atom is -0.324 e. The molecule has 2 saturated carbocycles. The smallest absolute Gasteiger partial charge is 0.247 e. The Morgan fingerprint density at radius 3 is 2.03 bits per heavy atom. The number of hydrogen-bond acceptors (Lipinski definition) is 3. The summed E-state index contributed by atoms with van der Waals surface area (Å²) in [6.07, 6.45) is 7.07. The van der Waals surface area contributed by atoms with E-state index in [-0.39, 0.29) is 41.4 Å². The van der Waals surface area contributed by atoms with Crippen molar-refractivity contribution in [1.29, 1.82) is 0 Å². The normalized spacial score (nSPS) is 34.8. The van der Waals surface area contributed by atoms with Gasteiger partial charge in [-0.2, -0.15) is 0 Å². The van der Waals surface area contributed by atoms with Gasteiger partial charge in [0.25, 0.3) is 0 Å². The van der Waals surface area contributed by atoms with Gasteiger partial charge in [0.05, 0.1) is 11.8 Å². The number of anilines is 1. The van der Waals surface area contributed by atoms with Crippen molar-refractivity contribution < 1.29 is 14.4 Å². The van der Waals surface area contributed by atoms with Gasteiger partial charge in [0.2, 0.25) is 17.7 Å². The zero-order valence-corrected chi connectivity index (χ0v) is 17.2. The van der Waals surface area contributed by atoms with Crippen molar-refractivity contribution in [3.63, 3.8) is 0 Å². The van der Waals surface area contributed by atoms with Crippen molar-refractivity contribution in [2.45, 2.75) is 46.1 Å². The molecule has 2 bridgehead atoms. The Morgan fingerprint density at radius 2 is 1.55 bits per heavy atom. The first-order valence-electron chi connectivity index (χ1n) is 10.9. The average Bonchev–Trinajstić information content (AvgIpc) is 3.51. The molecular formula is C24H28N2O3. The number of nitrogens with zero attached hydrogens (tertiary/aromatic N) is 1. The highest BCUT2D eigenvalue weighted by Crippen LogP contribution is 2.65. The second-order valence-electron chi connectivity index (χ2n) is 9.02. The minimum absolute atomic E-state index is 0.146. The molecule has 1 N–H and O–H groups in total. The van der Waals surface area contributed by atoms with Crippen LogP contribution in [0.2, 0.25) is 0 Å². The van der Waals surface area contributed by atoms with Crippen molar-refractivity contribution in [3.05, 3.63) is 41.5 Å². The van der Waals surface area contributed by atoms with E-state index in [9.17, 15) is 14.4 Å². The van der Waals surface area contributed by atoms with E-state index in [4.69, 9.17) is 0 Å². The number of allylic oxidation sites excluding steroid dienone is 2. The Hall–Kier alpha value is -2.43. The van der Waals surface area contributed by atoms with Crippen molar-refractivity contribution in [1.82, 2.24) is 4.90 Å². The molecule has 4 aliphatic carbocycles. The molecule has 0 aromatic heterocycles. The zero-order valence-electron chi connectivity index (χ0n) is 17.2. The quantitative estimate of drug-likeness (QED) is 0.618. The van der Waals surface area contributed by atoms with Crippen LogP contribution in [0.5, 0.6) is 0 Å². The Bertz CT molecular complexity index is 878. The summed E-state index contributed by atoms with van der Waals surface area (Å²) in [6, 6.07) is 5.22. The second kappa shape index (κ2) is 6.54. The molecule has 1 aromatic carbocycles. The molecule has 5 nitrogen and oxygen atoms in total. The Balaban J connectivity index is 1.39. The standard InChI is InChI=1S/C24H28N2O3/c1-4-13-7-6-8-14(5-2)21(13)25-22(27)12(3)26-23(28)19-15-9-10-16(18-11-17(15)18)20(19)24(26)29/h6-10,12,15-20H,4-5,11H2,1-3H3,(H,25,27)/t12-,15+,16+,17+,18+,19-,20+/m0/s1. The summed E-state index contributed by atoms with van der Waals surface area (Å²) in [5, 5.41) is 3.04. The number of carbonyl (C=O) groups excluding carboxylic acids is 3. The molecule has 1 saturated heterocycles. The van der Waals surface area contributed by atoms with Gasteiger partial charge in [-0.05, 0) is 61.0 Å². The number of nitrogens with one attached hydrogen (secondary N) is 1. The summed E-state index contributed by atoms with van der Waals surface area (Å²) in [5.74, 6) is 0.394. The van der Waals surface area contributed by atoms with Crippen LogP contribution in [-0.2, 0) is 27.2 Å². The Kier molecular flexibility index (Phi) is 4.19. The van der Waals surface area contributed by atoms with E-state index >= 15 is 0 Å². The molecule has 0 radical (unpaired) electrons. The van der Waals surface area contributed by atoms with E-state index in [1.807, 2.05) is 18.2 Å². The van der Waals surface area contributed by atoms with Crippen molar-refractivity contribution in [2.24, 2.45) is 35.5 Å². The van der Waals surface area contributed by atoms with E-state index in [2.05, 4.69) is 31.3 Å². The molecule has 3 amide bonds. The lowest BCUT2D eigenvalue weighted by atomic mass is 9.63. The highest BCUT2D eigenvalue weighted by molar-refractivity contribution is 6.10. The third-order valence-corrected chi connectivity index (χ3v) is 7.71. The number of imide groups is 1. The number of amides is 3. The van der Waals surface area contributed by atoms with Crippen LogP contribution in [0.3, 0.4) is 0 Å². The molecule has 3 fully saturated rings. The first-order valence-corrected chi connectivity index (χ1v) is 10.9. The summed E-state index contributed by atoms with van der Waals surface area (Å²) < 4.78 is 0. The van der Waals surface area contributed by atoms with Crippen LogP contribution in [0.25, 0.3) is 0 Å². The predicted octanol–water partition coefficient (Wildman–Crippen LogP) is 3.19. The fourth-order valence-electron chi connectivity index (χ4n) is 6.11. The molecule has 7 atom stereocenters. The minimum atomic E-state index is -0.800. The summed E-state index contributed by atoms with van der Waals surface area (Å²) >= 11 is 0. The maximum atomic E-state index is 13.2. The van der Waals surface area contributed by atoms with Crippen LogP contribution in [0, 0.1) is 35.5 Å². The Labute approximate surface area is 171 Å². The van der Waals surface area contributed by atoms with Gasteiger partial charge in [-0.15, -0.1) is 0 Å². The number of carbonyl (C=O) groups is 3. The lowest BCUT2D eigenvalue weighted by Gasteiger charge is -2.37. The van der Waals surface area contributed by atoms with Crippen LogP contribution >= 0.6 is 0 Å². The summed E-state index contributed by atoms with van der Waals surface area (Å²) in [7, 11) is 0. The number of rotatable bonds is 5. The lowest BCUT2D eigenvalue weighted by Crippen LogP contribution is -2.46. The number of hydrogen-bond donors (Lipinski definition) is 1. The molecular weight excluding hydrogens is 364 g/mol. The molecule has 29 heavy (non-hydrogen) atoms. The molecule has 1 aromatic rings. The van der Waals surface area contributed by atoms with Crippen molar-refractivity contribution in [2.75, 3.05) is 5.32 Å². The number of aryl methyl sites for hydroxylation is 2. The first-order chi connectivity index (χ1) is 14.0. The fourth-order valence-corrected chi connectivity index (χ4v) is 6.11. The highest BCUT2D eigenvalue weighted by Gasteiger charge is 2.67. The molecule has 5 aliphatic rings. The molecule has 1 aliphatic heterocycles. The van der Waals surface area contributed by atoms with E-state index in [1.54, 1.807) is 6.92 Å². The molecule has 0 unspecified atom stereocenters. The molecule has 0 spiro atoms. The molecule has 5 heteroatoms. The zero-order chi connectivity index (χ0) is 20.4. The van der Waals surface area contributed by atoms with E-state index < -0.39 is 6.04 Å². The van der Waals surface area contributed by atoms with Gasteiger partial charge in [0.1, 0.15) is 6.04 Å². The van der Waals surface area contributed by atoms with E-state index in [0.29, 0.717) is 11.8 Å². The molecule has 6 rings (SSSR count). The third-order valence-electron chi connectivity index (χ3n) is 7.71. The van der Waals surface area contributed by atoms with Gasteiger partial charge < -0.3 is 5.32 Å². The SMILES string of the molecule is CCc1cccc(CC)c1NC(=O)[C@H](C)N1C(=O)[C@@H]2[C@@H]3C=C[C@H]([C@H]4C[C@H]34)[C@@H]2C1=O. The highest BCUT2D eigenvalue weighted by atomic mass is 16.2. The maximum Gasteiger partial charge on any atom is 0.247 e. The predicted molar refractivity (Wildman–Crippen MR) is 110 cm³/mol. The van der Waals surface area contributed by atoms with E-state index in [0.717, 1.165) is 36.1 Å². The fraction of sp³-hybridized carbons (Fsp3) is 0.542. The topological polar surface area (TPSA) is 66.5 Å². The van der Waals surface area contributed by atoms with Gasteiger partial charge in [-0.1, -0.05) is 44.2 Å². The number of benzene rings is 1. The van der Waals surface area contributed by atoms with Crippen LogP contribution in [0.15, 0.2) is 30.4 Å². The van der Waals surface area contributed by atoms with Crippen LogP contribution in [0.1, 0.15) is 38.3 Å². The summed E-state index contributed by atoms with van der Waals surface area (Å²) in [6.45, 7) is 5.79. The van der Waals surface area contributed by atoms with Crippen LogP contribution in [-0.4, -0.2) is 28.7 Å². The van der Waals surface area contributed by atoms with Gasteiger partial charge in [-0.25, -0.2) is 0 Å². The van der Waals surface area contributed by atoms with Gasteiger partial charge >= 0.3 is 0 Å². The van der Waals surface area contributed by atoms with E-state index in [1.165, 1.54) is 4.90 Å². The van der Waals surface area contributed by atoms with Gasteiger partial charge in [-0.3, -0.25) is 19.3 Å². The lowest BCUT2D eigenvalue weighted by molar-refractivity contribution is -0.146. The number of likely N-dealkylation sites (tertiary alicyclic amines) is 1. The monoisotopic (exact) mass is 392 g/mol. The summed E-state index contributed by atoms with van der Waals surface area (Å²) in [5.41, 5.74) is 2.97. The Morgan fingerprint density at radius 1 is 1.03 bits per heavy atom. The summed E-state index contributed by atoms with van der Waals surface area (Å²) in [4.78, 5) is 40.9. The number of para-hydroxylation sites is 1. The second-order valence-corrected chi connectivity index (χ2v) is 9.02. The van der Waals surface area contributed by atoms with Crippen LogP contribution < -0.4 is 5.32 Å². The van der Waals surface area contributed by atoms with Crippen LogP contribution in [0.4, 0.5) is 5.69 Å². The molecule has 152 valence electrons. The average molecular weight is 392 g/mol. The van der Waals surface area contributed by atoms with Crippen molar-refractivity contribution >= 4 is 23.4 Å². The van der Waals surface area contributed by atoms with Gasteiger partial charge in [0.15, 0.2) is 0 Å². The first kappa shape index (κ1) is 18.6. The van der Waals surface area contributed by atoms with Gasteiger partial charge in [0, 0.05) is 5.69 Å². The largest absolute Gasteiger partial charge is 0.324 e. The third kappa shape index (κ3) is 2.55. The van der Waals surface area contributed by atoms with Crippen molar-refractivity contribution in [3.8, 4) is 0 Å². The molecule has 1 heterocycles.